The standard InChI is InChI=1S/C8H13NO2.ClH/c1-11-7(10)8-2-6(3-8)4-9-5-8;/h6,9H,2-5H2,1H3;1H. The van der Waals surface area contributed by atoms with Crippen LogP contribution in [0.5, 0.6) is 0 Å². The smallest absolute Gasteiger partial charge is 0.313 e. The monoisotopic (exact) mass is 191 g/mol. The lowest BCUT2D eigenvalue weighted by Gasteiger charge is -2.50. The van der Waals surface area contributed by atoms with Crippen molar-refractivity contribution in [3.8, 4) is 0 Å². The highest BCUT2D eigenvalue weighted by molar-refractivity contribution is 5.85. The molecule has 3 rings (SSSR count). The molecular formula is C8H14ClNO2. The first-order chi connectivity index (χ1) is 5.27. The van der Waals surface area contributed by atoms with Crippen LogP contribution in [0.15, 0.2) is 0 Å². The predicted octanol–water partition coefficient (Wildman–Crippen LogP) is 0.581. The van der Waals surface area contributed by atoms with E-state index in [1.165, 1.54) is 7.11 Å². The minimum Gasteiger partial charge on any atom is -0.469 e. The third-order valence-electron chi connectivity index (χ3n) is 2.87. The van der Waals surface area contributed by atoms with E-state index in [9.17, 15) is 4.79 Å². The molecule has 12 heavy (non-hydrogen) atoms. The summed E-state index contributed by atoms with van der Waals surface area (Å²) in [6.07, 6.45) is 2.07. The minimum absolute atomic E-state index is 0. The van der Waals surface area contributed by atoms with E-state index in [-0.39, 0.29) is 23.8 Å². The van der Waals surface area contributed by atoms with Crippen LogP contribution in [0.3, 0.4) is 0 Å². The van der Waals surface area contributed by atoms with E-state index in [1.807, 2.05) is 0 Å². The molecule has 2 aliphatic heterocycles. The van der Waals surface area contributed by atoms with E-state index < -0.39 is 0 Å². The van der Waals surface area contributed by atoms with Crippen LogP contribution in [0.1, 0.15) is 12.8 Å². The molecule has 0 aromatic heterocycles. The van der Waals surface area contributed by atoms with Gasteiger partial charge in [-0.3, -0.25) is 4.79 Å². The number of fused-ring (bicyclic) bond motifs is 2. The van der Waals surface area contributed by atoms with Crippen molar-refractivity contribution in [3.63, 3.8) is 0 Å². The van der Waals surface area contributed by atoms with Crippen molar-refractivity contribution in [1.82, 2.24) is 5.32 Å². The number of halogens is 1. The Balaban J connectivity index is 0.000000720. The average molecular weight is 192 g/mol. The van der Waals surface area contributed by atoms with Gasteiger partial charge in [0.15, 0.2) is 0 Å². The Labute approximate surface area is 78.3 Å². The summed E-state index contributed by atoms with van der Waals surface area (Å²) in [6, 6.07) is 0. The Bertz CT molecular complexity index is 184. The first-order valence-electron chi connectivity index (χ1n) is 4.06. The molecule has 4 heteroatoms. The minimum atomic E-state index is -0.141. The summed E-state index contributed by atoms with van der Waals surface area (Å²) in [6.45, 7) is 1.90. The maximum Gasteiger partial charge on any atom is 0.313 e. The van der Waals surface area contributed by atoms with Gasteiger partial charge in [0.05, 0.1) is 12.5 Å². The van der Waals surface area contributed by atoms with Crippen LogP contribution in [0.25, 0.3) is 0 Å². The van der Waals surface area contributed by atoms with E-state index in [4.69, 9.17) is 4.74 Å². The maximum absolute atomic E-state index is 11.3. The number of piperidine rings is 2. The molecule has 0 atom stereocenters. The van der Waals surface area contributed by atoms with Gasteiger partial charge in [-0.25, -0.2) is 0 Å². The molecule has 0 spiro atoms. The molecule has 2 heterocycles. The lowest BCUT2D eigenvalue weighted by molar-refractivity contribution is -0.164. The lowest BCUT2D eigenvalue weighted by atomic mass is 9.59. The molecule has 2 bridgehead atoms. The second-order valence-electron chi connectivity index (χ2n) is 3.68. The van der Waals surface area contributed by atoms with Crippen LogP contribution < -0.4 is 5.32 Å². The van der Waals surface area contributed by atoms with Crippen molar-refractivity contribution in [3.05, 3.63) is 0 Å². The summed E-state index contributed by atoms with van der Waals surface area (Å²) in [4.78, 5) is 11.3. The van der Waals surface area contributed by atoms with Crippen LogP contribution in [0.4, 0.5) is 0 Å². The molecular weight excluding hydrogens is 178 g/mol. The van der Waals surface area contributed by atoms with Gasteiger partial charge in [-0.15, -0.1) is 12.4 Å². The molecule has 3 nitrogen and oxygen atoms in total. The third-order valence-corrected chi connectivity index (χ3v) is 2.87. The topological polar surface area (TPSA) is 38.3 Å². The van der Waals surface area contributed by atoms with Gasteiger partial charge in [-0.05, 0) is 25.3 Å². The molecule has 3 fully saturated rings. The van der Waals surface area contributed by atoms with Crippen molar-refractivity contribution >= 4 is 18.4 Å². The summed E-state index contributed by atoms with van der Waals surface area (Å²) < 4.78 is 4.75. The Kier molecular flexibility index (Phi) is 2.64. The van der Waals surface area contributed by atoms with Gasteiger partial charge < -0.3 is 10.1 Å². The highest BCUT2D eigenvalue weighted by atomic mass is 35.5. The Hall–Kier alpha value is -0.280. The fourth-order valence-electron chi connectivity index (χ4n) is 2.30. The number of esters is 1. The zero-order valence-electron chi connectivity index (χ0n) is 7.13. The maximum atomic E-state index is 11.3. The highest BCUT2D eigenvalue weighted by Crippen LogP contribution is 2.48. The molecule has 70 valence electrons. The number of carbonyl (C=O) groups excluding carboxylic acids is 1. The van der Waals surface area contributed by atoms with Crippen molar-refractivity contribution < 1.29 is 9.53 Å². The number of nitrogens with one attached hydrogen (secondary N) is 1. The zero-order chi connectivity index (χ0) is 7.90. The van der Waals surface area contributed by atoms with Crippen molar-refractivity contribution in [2.75, 3.05) is 20.2 Å². The van der Waals surface area contributed by atoms with Gasteiger partial charge in [-0.1, -0.05) is 0 Å². The number of methoxy groups -OCH3 is 1. The number of rotatable bonds is 1. The Morgan fingerprint density at radius 1 is 1.58 bits per heavy atom. The van der Waals surface area contributed by atoms with Gasteiger partial charge in [-0.2, -0.15) is 0 Å². The summed E-state index contributed by atoms with van der Waals surface area (Å²) in [5, 5.41) is 3.24. The number of ether oxygens (including phenoxy) is 1. The fourth-order valence-corrected chi connectivity index (χ4v) is 2.30. The van der Waals surface area contributed by atoms with Crippen molar-refractivity contribution in [2.24, 2.45) is 11.3 Å². The highest BCUT2D eigenvalue weighted by Gasteiger charge is 2.53. The molecule has 0 amide bonds. The molecule has 2 saturated heterocycles. The van der Waals surface area contributed by atoms with E-state index in [0.717, 1.165) is 31.8 Å². The van der Waals surface area contributed by atoms with Gasteiger partial charge in [0, 0.05) is 6.54 Å². The van der Waals surface area contributed by atoms with E-state index in [0.29, 0.717) is 0 Å². The normalized spacial score (nSPS) is 37.6. The molecule has 0 aromatic rings. The Morgan fingerprint density at radius 2 is 2.25 bits per heavy atom. The van der Waals surface area contributed by atoms with Crippen LogP contribution in [-0.2, 0) is 9.53 Å². The van der Waals surface area contributed by atoms with Crippen LogP contribution in [0.2, 0.25) is 0 Å². The van der Waals surface area contributed by atoms with E-state index in [2.05, 4.69) is 5.32 Å². The zero-order valence-corrected chi connectivity index (χ0v) is 7.95. The van der Waals surface area contributed by atoms with Crippen LogP contribution in [0, 0.1) is 11.3 Å². The number of hydrogen-bond donors (Lipinski definition) is 1. The predicted molar refractivity (Wildman–Crippen MR) is 47.3 cm³/mol. The quantitative estimate of drug-likeness (QED) is 0.617. The first kappa shape index (κ1) is 9.81. The van der Waals surface area contributed by atoms with Gasteiger partial charge in [0.25, 0.3) is 0 Å². The molecule has 0 aromatic carbocycles. The lowest BCUT2D eigenvalue weighted by Crippen LogP contribution is -2.58. The molecule has 1 aliphatic carbocycles. The van der Waals surface area contributed by atoms with Gasteiger partial charge in [0.2, 0.25) is 0 Å². The fraction of sp³-hybridized carbons (Fsp3) is 0.875. The molecule has 3 aliphatic rings. The molecule has 1 saturated carbocycles. The first-order valence-corrected chi connectivity index (χ1v) is 4.06. The summed E-state index contributed by atoms with van der Waals surface area (Å²) in [7, 11) is 1.47. The molecule has 1 N–H and O–H groups in total. The third kappa shape index (κ3) is 1.21. The van der Waals surface area contributed by atoms with E-state index in [1.54, 1.807) is 0 Å². The number of carbonyl (C=O) groups is 1. The molecule has 0 radical (unpaired) electrons. The number of hydrogen-bond acceptors (Lipinski definition) is 3. The largest absolute Gasteiger partial charge is 0.469 e. The van der Waals surface area contributed by atoms with Gasteiger partial charge >= 0.3 is 5.97 Å². The van der Waals surface area contributed by atoms with E-state index >= 15 is 0 Å². The second-order valence-corrected chi connectivity index (χ2v) is 3.68. The van der Waals surface area contributed by atoms with Crippen LogP contribution in [-0.4, -0.2) is 26.2 Å². The average Bonchev–Trinajstić information content (AvgIpc) is 2.02. The summed E-state index contributed by atoms with van der Waals surface area (Å²) in [5.74, 6) is 0.698. The second kappa shape index (κ2) is 3.23. The SMILES string of the molecule is COC(=O)C12CNCC(C1)C2.Cl. The molecule has 0 unspecified atom stereocenters. The van der Waals surface area contributed by atoms with Crippen molar-refractivity contribution in [1.29, 1.82) is 0 Å². The van der Waals surface area contributed by atoms with Crippen LogP contribution >= 0.6 is 12.4 Å². The summed E-state index contributed by atoms with van der Waals surface area (Å²) in [5.41, 5.74) is -0.141. The van der Waals surface area contributed by atoms with Crippen molar-refractivity contribution in [2.45, 2.75) is 12.8 Å². The Morgan fingerprint density at radius 3 is 2.67 bits per heavy atom. The van der Waals surface area contributed by atoms with Gasteiger partial charge in [0.1, 0.15) is 0 Å². The summed E-state index contributed by atoms with van der Waals surface area (Å²) >= 11 is 0.